The fourth-order valence-corrected chi connectivity index (χ4v) is 6.63. The molecule has 0 aliphatic rings. The summed E-state index contributed by atoms with van der Waals surface area (Å²) in [5.41, 5.74) is 0. The van der Waals surface area contributed by atoms with Gasteiger partial charge in [-0.3, -0.25) is 14.4 Å². The van der Waals surface area contributed by atoms with Crippen LogP contribution in [0, 0.1) is 0 Å². The van der Waals surface area contributed by atoms with Gasteiger partial charge in [0.1, 0.15) is 13.2 Å². The third kappa shape index (κ3) is 50.7. The molecule has 6 nitrogen and oxygen atoms in total. The predicted molar refractivity (Wildman–Crippen MR) is 279 cm³/mol. The summed E-state index contributed by atoms with van der Waals surface area (Å²) in [6, 6.07) is 0. The molecule has 0 aliphatic heterocycles. The molecule has 0 heterocycles. The van der Waals surface area contributed by atoms with Crippen LogP contribution in [0.4, 0.5) is 0 Å². The first kappa shape index (κ1) is 60.8. The minimum absolute atomic E-state index is 0.120. The van der Waals surface area contributed by atoms with Crippen molar-refractivity contribution in [2.24, 2.45) is 0 Å². The van der Waals surface area contributed by atoms with E-state index in [1.54, 1.807) is 0 Å². The smallest absolute Gasteiger partial charge is 0.306 e. The molecule has 0 amide bonds. The third-order valence-electron chi connectivity index (χ3n) is 10.5. The lowest BCUT2D eigenvalue weighted by Gasteiger charge is -2.18. The van der Waals surface area contributed by atoms with Crippen molar-refractivity contribution in [2.45, 2.75) is 219 Å². The first-order valence-electron chi connectivity index (χ1n) is 26.0. The summed E-state index contributed by atoms with van der Waals surface area (Å²) >= 11 is 0. The average molecular weight is 899 g/mol. The Bertz CT molecular complexity index is 1400. The van der Waals surface area contributed by atoms with Crippen LogP contribution >= 0.6 is 0 Å². The largest absolute Gasteiger partial charge is 0.462 e. The lowest BCUT2D eigenvalue weighted by molar-refractivity contribution is -0.167. The molecule has 0 rings (SSSR count). The maximum atomic E-state index is 12.8. The second-order valence-electron chi connectivity index (χ2n) is 16.7. The van der Waals surface area contributed by atoms with Crippen molar-refractivity contribution in [2.75, 3.05) is 13.2 Å². The van der Waals surface area contributed by atoms with Crippen LogP contribution in [0.5, 0.6) is 0 Å². The first-order valence-corrected chi connectivity index (χ1v) is 26.0. The highest BCUT2D eigenvalue weighted by molar-refractivity contribution is 5.71. The Morgan fingerprint density at radius 3 is 0.938 bits per heavy atom. The number of carbonyl (C=O) groups is 3. The summed E-state index contributed by atoms with van der Waals surface area (Å²) in [4.78, 5) is 38.0. The van der Waals surface area contributed by atoms with Gasteiger partial charge in [0.2, 0.25) is 0 Å². The minimum atomic E-state index is -0.832. The number of ether oxygens (including phenoxy) is 3. The minimum Gasteiger partial charge on any atom is -0.462 e. The van der Waals surface area contributed by atoms with Gasteiger partial charge >= 0.3 is 17.9 Å². The van der Waals surface area contributed by atoms with E-state index in [0.717, 1.165) is 96.3 Å². The SMILES string of the molecule is CCC=CCC=CCC=CCC=CCC=CCCCC(=O)OCC(COC(=O)CCCCCCCCCCCCCCC)OC(=O)CCCC=CCC=CCC=CCC=CCC=CCC. The van der Waals surface area contributed by atoms with Gasteiger partial charge in [-0.05, 0) is 96.3 Å². The van der Waals surface area contributed by atoms with Crippen molar-refractivity contribution in [3.63, 3.8) is 0 Å². The van der Waals surface area contributed by atoms with Gasteiger partial charge in [0, 0.05) is 19.3 Å². The fraction of sp³-hybridized carbons (Fsp3) is 0.610. The molecule has 0 saturated carbocycles. The quantitative estimate of drug-likeness (QED) is 0.0262. The maximum absolute atomic E-state index is 12.8. The molecule has 0 N–H and O–H groups in total. The number of hydrogen-bond acceptors (Lipinski definition) is 6. The molecule has 0 radical (unpaired) electrons. The van der Waals surface area contributed by atoms with Crippen molar-refractivity contribution in [3.05, 3.63) is 122 Å². The van der Waals surface area contributed by atoms with Gasteiger partial charge in [-0.1, -0.05) is 219 Å². The van der Waals surface area contributed by atoms with Crippen LogP contribution in [0.25, 0.3) is 0 Å². The zero-order chi connectivity index (χ0) is 47.2. The Balaban J connectivity index is 4.59. The zero-order valence-corrected chi connectivity index (χ0v) is 41.7. The normalized spacial score (nSPS) is 13.1. The van der Waals surface area contributed by atoms with Crippen molar-refractivity contribution in [1.29, 1.82) is 0 Å². The molecule has 1 atom stereocenters. The van der Waals surface area contributed by atoms with E-state index < -0.39 is 6.10 Å². The number of allylic oxidation sites excluding steroid dienone is 20. The van der Waals surface area contributed by atoms with Gasteiger partial charge < -0.3 is 14.2 Å². The Morgan fingerprint density at radius 1 is 0.323 bits per heavy atom. The molecule has 0 aromatic rings. The number of rotatable bonds is 45. The average Bonchev–Trinajstić information content (AvgIpc) is 3.30. The Labute approximate surface area is 399 Å². The molecular formula is C59H94O6. The van der Waals surface area contributed by atoms with E-state index in [1.807, 2.05) is 0 Å². The molecule has 0 bridgehead atoms. The van der Waals surface area contributed by atoms with Crippen molar-refractivity contribution >= 4 is 17.9 Å². The van der Waals surface area contributed by atoms with Crippen molar-refractivity contribution in [3.8, 4) is 0 Å². The summed E-state index contributed by atoms with van der Waals surface area (Å²) in [7, 11) is 0. The second-order valence-corrected chi connectivity index (χ2v) is 16.7. The number of unbranched alkanes of at least 4 members (excludes halogenated alkanes) is 14. The Kier molecular flexibility index (Phi) is 49.1. The van der Waals surface area contributed by atoms with Crippen LogP contribution in [0.15, 0.2) is 122 Å². The summed E-state index contributed by atoms with van der Waals surface area (Å²) in [5, 5.41) is 0. The van der Waals surface area contributed by atoms with E-state index >= 15 is 0 Å². The maximum Gasteiger partial charge on any atom is 0.306 e. The van der Waals surface area contributed by atoms with E-state index in [2.05, 4.69) is 142 Å². The van der Waals surface area contributed by atoms with Crippen LogP contribution in [-0.4, -0.2) is 37.2 Å². The monoisotopic (exact) mass is 899 g/mol. The van der Waals surface area contributed by atoms with Crippen molar-refractivity contribution in [1.82, 2.24) is 0 Å². The highest BCUT2D eigenvalue weighted by Crippen LogP contribution is 2.14. The molecule has 0 aliphatic carbocycles. The molecular weight excluding hydrogens is 805 g/mol. The number of hydrogen-bond donors (Lipinski definition) is 0. The molecule has 1 unspecified atom stereocenters. The molecule has 0 saturated heterocycles. The highest BCUT2D eigenvalue weighted by Gasteiger charge is 2.19. The Morgan fingerprint density at radius 2 is 0.600 bits per heavy atom. The summed E-state index contributed by atoms with van der Waals surface area (Å²) in [6.07, 6.45) is 71.9. The van der Waals surface area contributed by atoms with Crippen LogP contribution in [0.3, 0.4) is 0 Å². The van der Waals surface area contributed by atoms with Crippen LogP contribution in [0.1, 0.15) is 213 Å². The molecule has 0 aromatic carbocycles. The summed E-state index contributed by atoms with van der Waals surface area (Å²) < 4.78 is 16.7. The summed E-state index contributed by atoms with van der Waals surface area (Å²) in [5.74, 6) is -1.05. The van der Waals surface area contributed by atoms with Crippen LogP contribution < -0.4 is 0 Å². The van der Waals surface area contributed by atoms with E-state index in [-0.39, 0.29) is 44.0 Å². The van der Waals surface area contributed by atoms with Crippen LogP contribution in [0.2, 0.25) is 0 Å². The van der Waals surface area contributed by atoms with Crippen LogP contribution in [-0.2, 0) is 28.6 Å². The fourth-order valence-electron chi connectivity index (χ4n) is 6.63. The van der Waals surface area contributed by atoms with E-state index in [9.17, 15) is 14.4 Å². The number of carbonyl (C=O) groups excluding carboxylic acids is 3. The van der Waals surface area contributed by atoms with Gasteiger partial charge in [-0.15, -0.1) is 0 Å². The Hall–Kier alpha value is -4.19. The second kappa shape index (κ2) is 52.4. The zero-order valence-electron chi connectivity index (χ0n) is 41.7. The topological polar surface area (TPSA) is 78.9 Å². The third-order valence-corrected chi connectivity index (χ3v) is 10.5. The van der Waals surface area contributed by atoms with Gasteiger partial charge in [-0.2, -0.15) is 0 Å². The summed E-state index contributed by atoms with van der Waals surface area (Å²) in [6.45, 7) is 6.30. The van der Waals surface area contributed by atoms with E-state index in [0.29, 0.717) is 19.3 Å². The van der Waals surface area contributed by atoms with E-state index in [4.69, 9.17) is 14.2 Å². The highest BCUT2D eigenvalue weighted by atomic mass is 16.6. The van der Waals surface area contributed by atoms with Gasteiger partial charge in [-0.25, -0.2) is 0 Å². The molecule has 366 valence electrons. The van der Waals surface area contributed by atoms with Crippen molar-refractivity contribution < 1.29 is 28.6 Å². The standard InChI is InChI=1S/C59H94O6/c1-4-7-10-13-16-19-22-25-27-29-31-34-37-40-43-46-49-52-58(61)64-55-56(54-63-57(60)51-48-45-42-39-36-33-24-21-18-15-12-9-6-3)65-59(62)53-50-47-44-41-38-35-32-30-28-26-23-20-17-14-11-8-5-2/h7-8,10-11,16-17,19-20,25-28,31-32,34-35,40-41,43-44,56H,4-6,9,12-15,18,21-24,29-30,33,36-39,42,45-55H2,1-3H3. The molecule has 0 aromatic heterocycles. The molecule has 6 heteroatoms. The predicted octanol–water partition coefficient (Wildman–Crippen LogP) is 17.3. The first-order chi connectivity index (χ1) is 32.0. The van der Waals surface area contributed by atoms with Gasteiger partial charge in [0.05, 0.1) is 0 Å². The molecule has 65 heavy (non-hydrogen) atoms. The van der Waals surface area contributed by atoms with Gasteiger partial charge in [0.15, 0.2) is 6.10 Å². The van der Waals surface area contributed by atoms with E-state index in [1.165, 1.54) is 64.2 Å². The molecule has 0 spiro atoms. The van der Waals surface area contributed by atoms with Gasteiger partial charge in [0.25, 0.3) is 0 Å². The molecule has 0 fully saturated rings. The lowest BCUT2D eigenvalue weighted by atomic mass is 10.0. The number of esters is 3. The lowest BCUT2D eigenvalue weighted by Crippen LogP contribution is -2.30.